The van der Waals surface area contributed by atoms with Crippen molar-refractivity contribution in [1.82, 2.24) is 4.31 Å². The van der Waals surface area contributed by atoms with E-state index in [0.29, 0.717) is 10.2 Å². The fraction of sp³-hybridized carbons (Fsp3) is 0.417. The summed E-state index contributed by atoms with van der Waals surface area (Å²) in [6.45, 7) is 3.04. The first kappa shape index (κ1) is 16.9. The number of ether oxygens (including phenoxy) is 1. The molecule has 0 aromatic heterocycles. The second-order valence-corrected chi connectivity index (χ2v) is 7.15. The van der Waals surface area contributed by atoms with Crippen LogP contribution in [0.15, 0.2) is 27.6 Å². The Hall–Kier alpha value is -1.12. The van der Waals surface area contributed by atoms with Crippen LogP contribution in [0, 0.1) is 0 Å². The highest BCUT2D eigenvalue weighted by atomic mass is 79.9. The molecule has 0 fully saturated rings. The van der Waals surface area contributed by atoms with Gasteiger partial charge in [0, 0.05) is 16.2 Å². The first-order valence-corrected chi connectivity index (χ1v) is 8.07. The molecule has 2 N–H and O–H groups in total. The second kappa shape index (κ2) is 6.55. The van der Waals surface area contributed by atoms with E-state index in [1.807, 2.05) is 0 Å². The number of benzene rings is 1. The number of carbonyl (C=O) groups excluding carboxylic acids is 1. The maximum absolute atomic E-state index is 12.5. The van der Waals surface area contributed by atoms with Crippen molar-refractivity contribution in [1.29, 1.82) is 0 Å². The lowest BCUT2D eigenvalue weighted by atomic mass is 10.3. The SMILES string of the molecule is COC(=O)CN(C(C)C)S(=O)(=O)c1ccc(N)c(Br)c1. The molecule has 8 heteroatoms. The van der Waals surface area contributed by atoms with E-state index in [1.165, 1.54) is 25.3 Å². The van der Waals surface area contributed by atoms with Crippen molar-refractivity contribution in [2.24, 2.45) is 0 Å². The third kappa shape index (κ3) is 3.71. The van der Waals surface area contributed by atoms with Crippen LogP contribution in [-0.4, -0.2) is 38.4 Å². The number of carbonyl (C=O) groups is 1. The Morgan fingerprint density at radius 3 is 2.50 bits per heavy atom. The molecular formula is C12H17BrN2O4S. The molecule has 0 saturated carbocycles. The Labute approximate surface area is 127 Å². The van der Waals surface area contributed by atoms with Crippen LogP contribution >= 0.6 is 15.9 Å². The molecule has 0 atom stereocenters. The number of esters is 1. The Morgan fingerprint density at radius 2 is 2.05 bits per heavy atom. The summed E-state index contributed by atoms with van der Waals surface area (Å²) in [5.41, 5.74) is 6.08. The summed E-state index contributed by atoms with van der Waals surface area (Å²) in [4.78, 5) is 11.4. The van der Waals surface area contributed by atoms with Crippen molar-refractivity contribution in [2.75, 3.05) is 19.4 Å². The minimum Gasteiger partial charge on any atom is -0.468 e. The summed E-state index contributed by atoms with van der Waals surface area (Å²) in [6, 6.07) is 3.93. The van der Waals surface area contributed by atoms with Gasteiger partial charge in [0.05, 0.1) is 12.0 Å². The molecule has 6 nitrogen and oxygen atoms in total. The summed E-state index contributed by atoms with van der Waals surface area (Å²) >= 11 is 3.19. The van der Waals surface area contributed by atoms with Crippen molar-refractivity contribution in [3.05, 3.63) is 22.7 Å². The van der Waals surface area contributed by atoms with Gasteiger partial charge in [0.15, 0.2) is 0 Å². The Balaban J connectivity index is 3.22. The highest BCUT2D eigenvalue weighted by Crippen LogP contribution is 2.26. The largest absolute Gasteiger partial charge is 0.468 e. The van der Waals surface area contributed by atoms with Gasteiger partial charge in [0.1, 0.15) is 6.54 Å². The predicted molar refractivity (Wildman–Crippen MR) is 79.6 cm³/mol. The molecule has 0 unspecified atom stereocenters. The summed E-state index contributed by atoms with van der Waals surface area (Å²) < 4.78 is 31.2. The van der Waals surface area contributed by atoms with Crippen LogP contribution in [0.5, 0.6) is 0 Å². The van der Waals surface area contributed by atoms with Gasteiger partial charge in [-0.25, -0.2) is 8.42 Å². The van der Waals surface area contributed by atoms with E-state index in [2.05, 4.69) is 20.7 Å². The van der Waals surface area contributed by atoms with E-state index in [4.69, 9.17) is 5.73 Å². The van der Waals surface area contributed by atoms with Gasteiger partial charge in [-0.05, 0) is 48.0 Å². The number of nitrogens with zero attached hydrogens (tertiary/aromatic N) is 1. The fourth-order valence-electron chi connectivity index (χ4n) is 1.54. The maximum atomic E-state index is 12.5. The molecule has 1 rings (SSSR count). The van der Waals surface area contributed by atoms with Crippen molar-refractivity contribution >= 4 is 37.6 Å². The lowest BCUT2D eigenvalue weighted by molar-refractivity contribution is -0.141. The average molecular weight is 365 g/mol. The van der Waals surface area contributed by atoms with Crippen LogP contribution in [0.25, 0.3) is 0 Å². The number of halogens is 1. The first-order chi connectivity index (χ1) is 9.20. The van der Waals surface area contributed by atoms with Gasteiger partial charge in [-0.1, -0.05) is 0 Å². The summed E-state index contributed by atoms with van der Waals surface area (Å²) in [6.07, 6.45) is 0. The van der Waals surface area contributed by atoms with Crippen LogP contribution in [-0.2, 0) is 19.6 Å². The van der Waals surface area contributed by atoms with Crippen molar-refractivity contribution in [3.63, 3.8) is 0 Å². The molecule has 0 aliphatic heterocycles. The zero-order chi connectivity index (χ0) is 15.5. The zero-order valence-electron chi connectivity index (χ0n) is 11.5. The van der Waals surface area contributed by atoms with Crippen LogP contribution in [0.4, 0.5) is 5.69 Å². The molecular weight excluding hydrogens is 348 g/mol. The molecule has 20 heavy (non-hydrogen) atoms. The van der Waals surface area contributed by atoms with Crippen molar-refractivity contribution < 1.29 is 17.9 Å². The third-order valence-corrected chi connectivity index (χ3v) is 5.37. The minimum absolute atomic E-state index is 0.0659. The van der Waals surface area contributed by atoms with E-state index >= 15 is 0 Å². The van der Waals surface area contributed by atoms with Gasteiger partial charge >= 0.3 is 5.97 Å². The topological polar surface area (TPSA) is 89.7 Å². The van der Waals surface area contributed by atoms with E-state index in [1.54, 1.807) is 13.8 Å². The lowest BCUT2D eigenvalue weighted by Gasteiger charge is -2.24. The van der Waals surface area contributed by atoms with Crippen LogP contribution in [0.2, 0.25) is 0 Å². The number of anilines is 1. The molecule has 0 aliphatic carbocycles. The van der Waals surface area contributed by atoms with Crippen molar-refractivity contribution in [3.8, 4) is 0 Å². The lowest BCUT2D eigenvalue weighted by Crippen LogP contribution is -2.41. The van der Waals surface area contributed by atoms with Gasteiger partial charge in [-0.15, -0.1) is 0 Å². The van der Waals surface area contributed by atoms with Crippen LogP contribution < -0.4 is 5.73 Å². The molecule has 0 spiro atoms. The van der Waals surface area contributed by atoms with E-state index in [0.717, 1.165) is 4.31 Å². The molecule has 1 aromatic carbocycles. The summed E-state index contributed by atoms with van der Waals surface area (Å²) in [5, 5.41) is 0. The monoisotopic (exact) mass is 364 g/mol. The first-order valence-electron chi connectivity index (χ1n) is 5.83. The van der Waals surface area contributed by atoms with Crippen LogP contribution in [0.1, 0.15) is 13.8 Å². The molecule has 0 amide bonds. The Kier molecular flexibility index (Phi) is 5.55. The van der Waals surface area contributed by atoms with Gasteiger partial charge in [-0.3, -0.25) is 4.79 Å². The number of nitrogen functional groups attached to an aromatic ring is 1. The highest BCUT2D eigenvalue weighted by molar-refractivity contribution is 9.10. The number of methoxy groups -OCH3 is 1. The third-order valence-electron chi connectivity index (χ3n) is 2.67. The summed E-state index contributed by atoms with van der Waals surface area (Å²) in [5.74, 6) is -0.614. The normalized spacial score (nSPS) is 11.9. The van der Waals surface area contributed by atoms with E-state index < -0.39 is 16.0 Å². The Morgan fingerprint density at radius 1 is 1.45 bits per heavy atom. The van der Waals surface area contributed by atoms with Gasteiger partial charge in [0.25, 0.3) is 0 Å². The van der Waals surface area contributed by atoms with Gasteiger partial charge in [0.2, 0.25) is 10.0 Å². The van der Waals surface area contributed by atoms with Crippen molar-refractivity contribution in [2.45, 2.75) is 24.8 Å². The summed E-state index contributed by atoms with van der Waals surface area (Å²) in [7, 11) is -2.58. The predicted octanol–water partition coefficient (Wildman–Crippen LogP) is 1.60. The quantitative estimate of drug-likeness (QED) is 0.632. The molecule has 0 bridgehead atoms. The number of hydrogen-bond acceptors (Lipinski definition) is 5. The van der Waals surface area contributed by atoms with Gasteiger partial charge < -0.3 is 10.5 Å². The molecule has 0 radical (unpaired) electrons. The smallest absolute Gasteiger partial charge is 0.321 e. The Bertz CT molecular complexity index is 601. The molecule has 1 aromatic rings. The number of hydrogen-bond donors (Lipinski definition) is 1. The second-order valence-electron chi connectivity index (χ2n) is 4.40. The van der Waals surface area contributed by atoms with Gasteiger partial charge in [-0.2, -0.15) is 4.31 Å². The molecule has 0 aliphatic rings. The van der Waals surface area contributed by atoms with E-state index in [-0.39, 0.29) is 17.5 Å². The molecule has 112 valence electrons. The number of sulfonamides is 1. The van der Waals surface area contributed by atoms with Crippen LogP contribution in [0.3, 0.4) is 0 Å². The zero-order valence-corrected chi connectivity index (χ0v) is 13.9. The number of rotatable bonds is 5. The van der Waals surface area contributed by atoms with E-state index in [9.17, 15) is 13.2 Å². The number of nitrogens with two attached hydrogens (primary N) is 1. The maximum Gasteiger partial charge on any atom is 0.321 e. The molecule has 0 saturated heterocycles. The molecule has 0 heterocycles. The average Bonchev–Trinajstić information content (AvgIpc) is 2.37. The fourth-order valence-corrected chi connectivity index (χ4v) is 3.68. The standard InChI is InChI=1S/C12H17BrN2O4S/c1-8(2)15(7-12(16)19-3)20(17,18)9-4-5-11(14)10(13)6-9/h4-6,8H,7,14H2,1-3H3. The minimum atomic E-state index is -3.80. The highest BCUT2D eigenvalue weighted by Gasteiger charge is 2.29.